The second-order valence-electron chi connectivity index (χ2n) is 1.49. The normalized spacial score (nSPS) is 18.8. The molecule has 0 saturated carbocycles. The van der Waals surface area contributed by atoms with Crippen LogP contribution in [-0.2, 0) is 4.74 Å². The fourth-order valence-corrected chi connectivity index (χ4v) is 0.0891. The Morgan fingerprint density at radius 1 is 1.50 bits per heavy atom. The van der Waals surface area contributed by atoms with Crippen molar-refractivity contribution in [1.29, 1.82) is 0 Å². The quantitative estimate of drug-likeness (QED) is 0.548. The molecule has 1 unspecified atom stereocenters. The maximum absolute atomic E-state index is 12.0. The summed E-state index contributed by atoms with van der Waals surface area (Å²) >= 11 is 0. The number of halogens is 3. The van der Waals surface area contributed by atoms with Crippen LogP contribution in [0.25, 0.3) is 0 Å². The van der Waals surface area contributed by atoms with Gasteiger partial charge in [0, 0.05) is 14.0 Å². The Morgan fingerprint density at radius 2 is 1.88 bits per heavy atom. The molecule has 0 aromatic carbocycles. The minimum Gasteiger partial charge on any atom is -0.345 e. The predicted molar refractivity (Wildman–Crippen MR) is 22.5 cm³/mol. The standard InChI is InChI=1S/C4H7F3O/c1-4(7,8-2)3(5)6/h3H,1-2H3. The van der Waals surface area contributed by atoms with Crippen LogP contribution in [0.4, 0.5) is 13.2 Å². The molecule has 0 aromatic rings. The summed E-state index contributed by atoms with van der Waals surface area (Å²) in [5.41, 5.74) is 0. The summed E-state index contributed by atoms with van der Waals surface area (Å²) in [6.45, 7) is 0.678. The van der Waals surface area contributed by atoms with E-state index < -0.39 is 12.3 Å². The molecule has 0 rings (SSSR count). The molecule has 1 atom stereocenters. The van der Waals surface area contributed by atoms with Gasteiger partial charge < -0.3 is 4.74 Å². The number of hydrogen-bond donors (Lipinski definition) is 0. The highest BCUT2D eigenvalue weighted by atomic mass is 19.3. The van der Waals surface area contributed by atoms with E-state index in [1.807, 2.05) is 0 Å². The average molecular weight is 128 g/mol. The van der Waals surface area contributed by atoms with Crippen LogP contribution in [-0.4, -0.2) is 19.4 Å². The zero-order valence-corrected chi connectivity index (χ0v) is 4.62. The van der Waals surface area contributed by atoms with E-state index in [4.69, 9.17) is 0 Å². The molecule has 4 heteroatoms. The Bertz CT molecular complexity index is 71.7. The Labute approximate surface area is 45.4 Å². The van der Waals surface area contributed by atoms with Gasteiger partial charge in [0.15, 0.2) is 0 Å². The maximum atomic E-state index is 12.0. The van der Waals surface area contributed by atoms with Crippen LogP contribution >= 0.6 is 0 Å². The molecule has 0 bridgehead atoms. The molecule has 0 aliphatic rings. The van der Waals surface area contributed by atoms with E-state index in [1.54, 1.807) is 0 Å². The third-order valence-electron chi connectivity index (χ3n) is 0.789. The van der Waals surface area contributed by atoms with Gasteiger partial charge in [-0.15, -0.1) is 0 Å². The van der Waals surface area contributed by atoms with Crippen LogP contribution in [0.1, 0.15) is 6.92 Å². The van der Waals surface area contributed by atoms with Crippen LogP contribution in [0, 0.1) is 0 Å². The van der Waals surface area contributed by atoms with Gasteiger partial charge >= 0.3 is 0 Å². The molecule has 0 saturated heterocycles. The molecular weight excluding hydrogens is 121 g/mol. The van der Waals surface area contributed by atoms with Gasteiger partial charge in [-0.25, -0.2) is 13.2 Å². The molecule has 0 fully saturated rings. The van der Waals surface area contributed by atoms with Gasteiger partial charge in [0.1, 0.15) is 0 Å². The van der Waals surface area contributed by atoms with Crippen LogP contribution in [0.5, 0.6) is 0 Å². The first-order valence-electron chi connectivity index (χ1n) is 2.03. The molecule has 0 spiro atoms. The number of rotatable bonds is 2. The van der Waals surface area contributed by atoms with E-state index >= 15 is 0 Å². The Hall–Kier alpha value is -0.250. The van der Waals surface area contributed by atoms with E-state index in [-0.39, 0.29) is 0 Å². The van der Waals surface area contributed by atoms with E-state index in [9.17, 15) is 13.2 Å². The topological polar surface area (TPSA) is 9.23 Å². The van der Waals surface area contributed by atoms with E-state index in [0.29, 0.717) is 6.92 Å². The Morgan fingerprint density at radius 3 is 1.88 bits per heavy atom. The smallest absolute Gasteiger partial charge is 0.296 e. The molecule has 0 aliphatic carbocycles. The minimum atomic E-state index is -3.08. The van der Waals surface area contributed by atoms with Gasteiger partial charge in [-0.1, -0.05) is 0 Å². The highest BCUT2D eigenvalue weighted by Gasteiger charge is 2.34. The van der Waals surface area contributed by atoms with Crippen molar-refractivity contribution in [2.75, 3.05) is 7.11 Å². The summed E-state index contributed by atoms with van der Waals surface area (Å²) in [4.78, 5) is 0. The first kappa shape index (κ1) is 7.75. The maximum Gasteiger partial charge on any atom is 0.296 e. The third-order valence-corrected chi connectivity index (χ3v) is 0.789. The van der Waals surface area contributed by atoms with Crippen molar-refractivity contribution >= 4 is 0 Å². The zero-order valence-electron chi connectivity index (χ0n) is 4.62. The molecule has 0 heterocycles. The van der Waals surface area contributed by atoms with E-state index in [2.05, 4.69) is 4.74 Å². The lowest BCUT2D eigenvalue weighted by Gasteiger charge is -2.15. The molecule has 0 amide bonds. The molecular formula is C4H7F3O. The minimum absolute atomic E-state index is 0.678. The summed E-state index contributed by atoms with van der Waals surface area (Å²) < 4.78 is 38.4. The first-order valence-corrected chi connectivity index (χ1v) is 2.03. The Balaban J connectivity index is 3.71. The van der Waals surface area contributed by atoms with Crippen molar-refractivity contribution in [3.05, 3.63) is 0 Å². The van der Waals surface area contributed by atoms with Crippen LogP contribution < -0.4 is 0 Å². The van der Waals surface area contributed by atoms with Crippen molar-refractivity contribution < 1.29 is 17.9 Å². The highest BCUT2D eigenvalue weighted by molar-refractivity contribution is 4.60. The molecule has 1 nitrogen and oxygen atoms in total. The SMILES string of the molecule is COC(C)(F)C(F)F. The molecule has 0 aromatic heterocycles. The molecule has 50 valence electrons. The zero-order chi connectivity index (χ0) is 6.78. The summed E-state index contributed by atoms with van der Waals surface area (Å²) in [5, 5.41) is 0. The number of ether oxygens (including phenoxy) is 1. The monoisotopic (exact) mass is 128 g/mol. The fraction of sp³-hybridized carbons (Fsp3) is 1.00. The van der Waals surface area contributed by atoms with Crippen molar-refractivity contribution in [1.82, 2.24) is 0 Å². The summed E-state index contributed by atoms with van der Waals surface area (Å²) in [5.74, 6) is -2.79. The summed E-state index contributed by atoms with van der Waals surface area (Å²) in [6, 6.07) is 0. The second-order valence-corrected chi connectivity index (χ2v) is 1.49. The molecule has 0 aliphatic heterocycles. The van der Waals surface area contributed by atoms with Gasteiger partial charge in [0.2, 0.25) is 0 Å². The van der Waals surface area contributed by atoms with Crippen molar-refractivity contribution in [3.8, 4) is 0 Å². The van der Waals surface area contributed by atoms with E-state index in [0.717, 1.165) is 7.11 Å². The van der Waals surface area contributed by atoms with E-state index in [1.165, 1.54) is 0 Å². The van der Waals surface area contributed by atoms with Gasteiger partial charge in [-0.2, -0.15) is 0 Å². The first-order chi connectivity index (χ1) is 3.50. The number of alkyl halides is 3. The van der Waals surface area contributed by atoms with Crippen LogP contribution in [0.15, 0.2) is 0 Å². The second kappa shape index (κ2) is 2.35. The van der Waals surface area contributed by atoms with Crippen molar-refractivity contribution in [2.24, 2.45) is 0 Å². The van der Waals surface area contributed by atoms with Crippen molar-refractivity contribution in [3.63, 3.8) is 0 Å². The lowest BCUT2D eigenvalue weighted by molar-refractivity contribution is -0.192. The fourth-order valence-electron chi connectivity index (χ4n) is 0.0891. The molecule has 8 heavy (non-hydrogen) atoms. The molecule has 0 N–H and O–H groups in total. The predicted octanol–water partition coefficient (Wildman–Crippen LogP) is 1.58. The third kappa shape index (κ3) is 1.69. The van der Waals surface area contributed by atoms with Gasteiger partial charge in [0.05, 0.1) is 0 Å². The summed E-state index contributed by atoms with van der Waals surface area (Å²) in [7, 11) is 0.895. The largest absolute Gasteiger partial charge is 0.345 e. The molecule has 0 radical (unpaired) electrons. The van der Waals surface area contributed by atoms with Crippen LogP contribution in [0.2, 0.25) is 0 Å². The van der Waals surface area contributed by atoms with Crippen LogP contribution in [0.3, 0.4) is 0 Å². The van der Waals surface area contributed by atoms with Gasteiger partial charge in [-0.05, 0) is 0 Å². The lowest BCUT2D eigenvalue weighted by atomic mass is 10.4. The number of methoxy groups -OCH3 is 1. The highest BCUT2D eigenvalue weighted by Crippen LogP contribution is 2.19. The van der Waals surface area contributed by atoms with Gasteiger partial charge in [0.25, 0.3) is 12.3 Å². The van der Waals surface area contributed by atoms with Crippen molar-refractivity contribution in [2.45, 2.75) is 19.2 Å². The lowest BCUT2D eigenvalue weighted by Crippen LogP contribution is -2.29. The van der Waals surface area contributed by atoms with Gasteiger partial charge in [-0.3, -0.25) is 0 Å². The summed E-state index contributed by atoms with van der Waals surface area (Å²) in [6.07, 6.45) is -3.08. The Kier molecular flexibility index (Phi) is 2.27. The number of hydrogen-bond acceptors (Lipinski definition) is 1. The average Bonchev–Trinajstić information content (AvgIpc) is 1.67.